The Morgan fingerprint density at radius 1 is 0.667 bits per heavy atom. The molecule has 0 bridgehead atoms. The van der Waals surface area contributed by atoms with Crippen LogP contribution in [0.1, 0.15) is 56.4 Å². The molecule has 0 spiro atoms. The zero-order valence-electron chi connectivity index (χ0n) is 32.8. The van der Waals surface area contributed by atoms with Crippen molar-refractivity contribution in [3.05, 3.63) is 144 Å². The predicted molar refractivity (Wildman–Crippen MR) is 211 cm³/mol. The SMILES string of the molecule is CC(=O)N[C@@H]1[C@@H](OCc2ccccc2)[C@H](OCc2ccccc2)[C@@H](COCc2ccccc2)O[C@H]1C(=O)C[C@@H](NC(=O)OC(C)(C)C)C(=O)OCc1ccccc1. The first-order valence-electron chi connectivity index (χ1n) is 19.0. The van der Waals surface area contributed by atoms with Gasteiger partial charge in [-0.25, -0.2) is 9.59 Å². The number of amides is 2. The number of benzene rings is 4. The van der Waals surface area contributed by atoms with Crippen LogP contribution in [0.15, 0.2) is 121 Å². The van der Waals surface area contributed by atoms with Crippen molar-refractivity contribution in [2.24, 2.45) is 0 Å². The van der Waals surface area contributed by atoms with Crippen molar-refractivity contribution in [1.82, 2.24) is 10.6 Å². The summed E-state index contributed by atoms with van der Waals surface area (Å²) in [4.78, 5) is 54.1. The van der Waals surface area contributed by atoms with E-state index in [-0.39, 0.29) is 33.0 Å². The first kappa shape index (κ1) is 42.7. The predicted octanol–water partition coefficient (Wildman–Crippen LogP) is 6.24. The number of alkyl carbamates (subject to hydrolysis) is 1. The summed E-state index contributed by atoms with van der Waals surface area (Å²) < 4.78 is 37.0. The Morgan fingerprint density at radius 3 is 1.63 bits per heavy atom. The van der Waals surface area contributed by atoms with Crippen LogP contribution < -0.4 is 10.6 Å². The average Bonchev–Trinajstić information content (AvgIpc) is 3.19. The average molecular weight is 781 g/mol. The molecule has 4 aromatic rings. The van der Waals surface area contributed by atoms with Gasteiger partial charge in [-0.2, -0.15) is 0 Å². The number of carbonyl (C=O) groups excluding carboxylic acids is 4. The lowest BCUT2D eigenvalue weighted by molar-refractivity contribution is -0.230. The van der Waals surface area contributed by atoms with E-state index < -0.39 is 72.3 Å². The molecule has 6 atom stereocenters. The van der Waals surface area contributed by atoms with Gasteiger partial charge in [0, 0.05) is 13.3 Å². The Bertz CT molecular complexity index is 1860. The van der Waals surface area contributed by atoms with Crippen LogP contribution >= 0.6 is 0 Å². The van der Waals surface area contributed by atoms with E-state index in [0.29, 0.717) is 5.56 Å². The summed E-state index contributed by atoms with van der Waals surface area (Å²) in [6.07, 6.45) is -5.47. The Kier molecular flexibility index (Phi) is 15.9. The van der Waals surface area contributed by atoms with E-state index in [1.54, 1.807) is 45.0 Å². The zero-order valence-corrected chi connectivity index (χ0v) is 32.8. The molecule has 1 heterocycles. The molecule has 1 aliphatic rings. The number of hydrogen-bond acceptors (Lipinski definition) is 10. The van der Waals surface area contributed by atoms with E-state index in [0.717, 1.165) is 16.7 Å². The molecule has 0 unspecified atom stereocenters. The fraction of sp³-hybridized carbons (Fsp3) is 0.378. The van der Waals surface area contributed by atoms with Crippen molar-refractivity contribution < 1.29 is 47.6 Å². The van der Waals surface area contributed by atoms with Crippen LogP contribution in [0, 0.1) is 0 Å². The van der Waals surface area contributed by atoms with Gasteiger partial charge in [0.15, 0.2) is 5.78 Å². The molecule has 0 radical (unpaired) electrons. The largest absolute Gasteiger partial charge is 0.459 e. The monoisotopic (exact) mass is 780 g/mol. The lowest BCUT2D eigenvalue weighted by Gasteiger charge is -2.46. The number of nitrogens with one attached hydrogen (secondary N) is 2. The van der Waals surface area contributed by atoms with Gasteiger partial charge in [0.2, 0.25) is 5.91 Å². The molecular formula is C45H52N2O10. The summed E-state index contributed by atoms with van der Waals surface area (Å²) in [5, 5.41) is 5.42. The summed E-state index contributed by atoms with van der Waals surface area (Å²) in [6, 6.07) is 35.1. The van der Waals surface area contributed by atoms with Gasteiger partial charge >= 0.3 is 12.1 Å². The third-order valence-corrected chi connectivity index (χ3v) is 8.95. The maximum atomic E-state index is 14.6. The summed E-state index contributed by atoms with van der Waals surface area (Å²) in [5.74, 6) is -1.90. The quantitative estimate of drug-likeness (QED) is 0.111. The number of esters is 1. The highest BCUT2D eigenvalue weighted by molar-refractivity contribution is 5.92. The molecule has 0 aliphatic carbocycles. The molecule has 1 aliphatic heterocycles. The topological polar surface area (TPSA) is 148 Å². The molecule has 4 aromatic carbocycles. The fourth-order valence-electron chi connectivity index (χ4n) is 6.33. The van der Waals surface area contributed by atoms with Gasteiger partial charge in [-0.05, 0) is 43.0 Å². The van der Waals surface area contributed by atoms with Crippen LogP contribution in [-0.4, -0.2) is 72.5 Å². The standard InChI is InChI=1S/C45H52N2O10/c1-31(48)46-39-40(37(49)25-36(47-44(51)57-45(2,3)4)43(50)55-29-35-23-15-8-16-24-35)56-38(30-52-26-32-17-9-5-10-18-32)41(53-27-33-19-11-6-12-20-33)42(39)54-28-34-21-13-7-14-22-34/h5-24,36,38-42H,25-30H2,1-4H3,(H,46,48)(H,47,51)/t36-,38-,39+,40+,41-,42-/m1/s1. The van der Waals surface area contributed by atoms with Gasteiger partial charge in [0.05, 0.1) is 32.5 Å². The van der Waals surface area contributed by atoms with E-state index in [2.05, 4.69) is 10.6 Å². The molecule has 5 rings (SSSR count). The van der Waals surface area contributed by atoms with Crippen LogP contribution in [0.3, 0.4) is 0 Å². The second-order valence-corrected chi connectivity index (χ2v) is 14.8. The van der Waals surface area contributed by atoms with Crippen LogP contribution in [0.5, 0.6) is 0 Å². The van der Waals surface area contributed by atoms with E-state index in [1.807, 2.05) is 97.1 Å². The molecule has 1 saturated heterocycles. The molecule has 2 N–H and O–H groups in total. The Morgan fingerprint density at radius 2 is 1.14 bits per heavy atom. The Hall–Kier alpha value is -5.40. The number of hydrogen-bond donors (Lipinski definition) is 2. The van der Waals surface area contributed by atoms with E-state index in [9.17, 15) is 19.2 Å². The third-order valence-electron chi connectivity index (χ3n) is 8.95. The van der Waals surface area contributed by atoms with Gasteiger partial charge < -0.3 is 39.1 Å². The van der Waals surface area contributed by atoms with Crippen molar-refractivity contribution >= 4 is 23.8 Å². The lowest BCUT2D eigenvalue weighted by Crippen LogP contribution is -2.67. The third kappa shape index (κ3) is 13.9. The van der Waals surface area contributed by atoms with Crippen LogP contribution in [0.2, 0.25) is 0 Å². The van der Waals surface area contributed by atoms with Gasteiger partial charge in [-0.15, -0.1) is 0 Å². The summed E-state index contributed by atoms with van der Waals surface area (Å²) in [5.41, 5.74) is 2.51. The highest BCUT2D eigenvalue weighted by Gasteiger charge is 2.51. The Balaban J connectivity index is 1.46. The summed E-state index contributed by atoms with van der Waals surface area (Å²) in [6.45, 7) is 6.83. The minimum atomic E-state index is -1.46. The molecule has 1 fully saturated rings. The normalized spacial score (nSPS) is 19.8. The number of ketones is 1. The van der Waals surface area contributed by atoms with Crippen molar-refractivity contribution in [1.29, 1.82) is 0 Å². The second-order valence-electron chi connectivity index (χ2n) is 14.8. The van der Waals surface area contributed by atoms with Gasteiger partial charge in [0.1, 0.15) is 42.7 Å². The van der Waals surface area contributed by atoms with Crippen molar-refractivity contribution in [2.75, 3.05) is 6.61 Å². The van der Waals surface area contributed by atoms with E-state index >= 15 is 0 Å². The number of carbonyl (C=O) groups is 4. The van der Waals surface area contributed by atoms with Crippen LogP contribution in [0.4, 0.5) is 4.79 Å². The summed E-state index contributed by atoms with van der Waals surface area (Å²) in [7, 11) is 0. The zero-order chi connectivity index (χ0) is 40.6. The molecular weight excluding hydrogens is 728 g/mol. The lowest BCUT2D eigenvalue weighted by atomic mass is 9.88. The van der Waals surface area contributed by atoms with Gasteiger partial charge in [-0.3, -0.25) is 9.59 Å². The molecule has 12 heteroatoms. The highest BCUT2D eigenvalue weighted by atomic mass is 16.6. The van der Waals surface area contributed by atoms with Gasteiger partial charge in [-0.1, -0.05) is 121 Å². The molecule has 302 valence electrons. The first-order chi connectivity index (χ1) is 27.4. The van der Waals surface area contributed by atoms with Crippen LogP contribution in [-0.2, 0) is 69.2 Å². The highest BCUT2D eigenvalue weighted by Crippen LogP contribution is 2.30. The Labute approximate surface area is 334 Å². The van der Waals surface area contributed by atoms with Crippen molar-refractivity contribution in [3.63, 3.8) is 0 Å². The molecule has 2 amide bonds. The van der Waals surface area contributed by atoms with E-state index in [1.165, 1.54) is 6.92 Å². The number of ether oxygens (including phenoxy) is 6. The van der Waals surface area contributed by atoms with Crippen molar-refractivity contribution in [3.8, 4) is 0 Å². The first-order valence-corrected chi connectivity index (χ1v) is 19.0. The van der Waals surface area contributed by atoms with Gasteiger partial charge in [0.25, 0.3) is 0 Å². The fourth-order valence-corrected chi connectivity index (χ4v) is 6.33. The maximum absolute atomic E-state index is 14.6. The van der Waals surface area contributed by atoms with Crippen LogP contribution in [0.25, 0.3) is 0 Å². The minimum Gasteiger partial charge on any atom is -0.459 e. The number of rotatable bonds is 18. The van der Waals surface area contributed by atoms with Crippen molar-refractivity contribution in [2.45, 2.75) is 103 Å². The molecule has 12 nitrogen and oxygen atoms in total. The summed E-state index contributed by atoms with van der Waals surface area (Å²) >= 11 is 0. The van der Waals surface area contributed by atoms with E-state index in [4.69, 9.17) is 28.4 Å². The number of Topliss-reactive ketones (excluding diaryl/α,β-unsaturated/α-hetero) is 1. The molecule has 57 heavy (non-hydrogen) atoms. The minimum absolute atomic E-state index is 0.00514. The maximum Gasteiger partial charge on any atom is 0.408 e. The molecule has 0 saturated carbocycles. The molecule has 0 aromatic heterocycles. The smallest absolute Gasteiger partial charge is 0.408 e. The second kappa shape index (κ2) is 21.2.